The maximum atomic E-state index is 10.7. The molecule has 0 spiro atoms. The van der Waals surface area contributed by atoms with E-state index in [9.17, 15) is 10.1 Å². The number of rotatable bonds is 4. The van der Waals surface area contributed by atoms with Gasteiger partial charge < -0.3 is 5.32 Å². The van der Waals surface area contributed by atoms with Crippen molar-refractivity contribution in [3.8, 4) is 0 Å². The average molecular weight is 420 g/mol. The molecule has 2 rings (SSSR count). The summed E-state index contributed by atoms with van der Waals surface area (Å²) < 4.78 is 1.58. The minimum absolute atomic E-state index is 0.0444. The fourth-order valence-corrected chi connectivity index (χ4v) is 2.73. The number of benzene rings is 2. The molecule has 0 aliphatic carbocycles. The zero-order valence-electron chi connectivity index (χ0n) is 10.1. The Balaban J connectivity index is 2.15. The van der Waals surface area contributed by atoms with Gasteiger partial charge in [0.2, 0.25) is 0 Å². The van der Waals surface area contributed by atoms with Crippen LogP contribution in [0.25, 0.3) is 0 Å². The highest BCUT2D eigenvalue weighted by Gasteiger charge is 2.09. The lowest BCUT2D eigenvalue weighted by atomic mass is 10.2. The van der Waals surface area contributed by atoms with E-state index in [1.807, 2.05) is 18.2 Å². The number of halogens is 3. The topological polar surface area (TPSA) is 55.2 Å². The lowest BCUT2D eigenvalue weighted by molar-refractivity contribution is -0.384. The Hall–Kier alpha value is -1.11. The predicted molar refractivity (Wildman–Crippen MR) is 87.3 cm³/mol. The molecule has 2 aromatic rings. The van der Waals surface area contributed by atoms with Crippen LogP contribution in [0.2, 0.25) is 5.02 Å². The molecule has 0 aromatic heterocycles. The molecule has 0 aliphatic rings. The molecule has 0 amide bonds. The molecule has 1 N–H and O–H groups in total. The van der Waals surface area contributed by atoms with Crippen LogP contribution in [0.5, 0.6) is 0 Å². The van der Waals surface area contributed by atoms with E-state index in [2.05, 4.69) is 37.2 Å². The van der Waals surface area contributed by atoms with Gasteiger partial charge >= 0.3 is 0 Å². The standard InChI is InChI=1S/C13H9Br2ClN2O2/c14-9-1-3-12(16)8(5-9)7-17-13-4-2-10(18(19)20)6-11(13)15/h1-6,17H,7H2. The Labute approximate surface area is 137 Å². The van der Waals surface area contributed by atoms with Crippen molar-refractivity contribution in [3.63, 3.8) is 0 Å². The van der Waals surface area contributed by atoms with E-state index in [4.69, 9.17) is 11.6 Å². The lowest BCUT2D eigenvalue weighted by Crippen LogP contribution is -2.01. The number of hydrogen-bond acceptors (Lipinski definition) is 3. The first-order valence-corrected chi connectivity index (χ1v) is 7.55. The Morgan fingerprint density at radius 2 is 1.95 bits per heavy atom. The molecule has 0 unspecified atom stereocenters. The average Bonchev–Trinajstić information content (AvgIpc) is 2.40. The quantitative estimate of drug-likeness (QED) is 0.533. The molecular formula is C13H9Br2ClN2O2. The molecular weight excluding hydrogens is 411 g/mol. The van der Waals surface area contributed by atoms with E-state index >= 15 is 0 Å². The third-order valence-corrected chi connectivity index (χ3v) is 4.16. The Morgan fingerprint density at radius 1 is 1.20 bits per heavy atom. The van der Waals surface area contributed by atoms with Crippen molar-refractivity contribution in [3.05, 3.63) is 66.0 Å². The third-order valence-electron chi connectivity index (χ3n) is 2.64. The van der Waals surface area contributed by atoms with E-state index in [1.165, 1.54) is 12.1 Å². The Bertz CT molecular complexity index is 665. The normalized spacial score (nSPS) is 10.3. The van der Waals surface area contributed by atoms with Crippen molar-refractivity contribution in [2.45, 2.75) is 6.54 Å². The van der Waals surface area contributed by atoms with E-state index < -0.39 is 4.92 Å². The number of nitro benzene ring substituents is 1. The number of nitrogens with one attached hydrogen (secondary N) is 1. The summed E-state index contributed by atoms with van der Waals surface area (Å²) in [5.41, 5.74) is 1.75. The smallest absolute Gasteiger partial charge is 0.270 e. The maximum absolute atomic E-state index is 10.7. The second kappa shape index (κ2) is 6.56. The number of non-ortho nitro benzene ring substituents is 1. The molecule has 0 atom stereocenters. The van der Waals surface area contributed by atoms with Crippen molar-refractivity contribution in [2.24, 2.45) is 0 Å². The summed E-state index contributed by atoms with van der Waals surface area (Å²) in [5.74, 6) is 0. The molecule has 0 aliphatic heterocycles. The zero-order valence-corrected chi connectivity index (χ0v) is 14.0. The summed E-state index contributed by atoms with van der Waals surface area (Å²) >= 11 is 12.8. The van der Waals surface area contributed by atoms with Crippen LogP contribution in [-0.2, 0) is 6.54 Å². The minimum Gasteiger partial charge on any atom is -0.380 e. The van der Waals surface area contributed by atoms with Crippen LogP contribution in [0.4, 0.5) is 11.4 Å². The molecule has 0 bridgehead atoms. The van der Waals surface area contributed by atoms with Gasteiger partial charge in [0, 0.05) is 38.3 Å². The van der Waals surface area contributed by atoms with Crippen LogP contribution in [0.1, 0.15) is 5.56 Å². The highest BCUT2D eigenvalue weighted by molar-refractivity contribution is 9.10. The lowest BCUT2D eigenvalue weighted by Gasteiger charge is -2.10. The molecule has 7 heteroatoms. The van der Waals surface area contributed by atoms with Gasteiger partial charge in [-0.25, -0.2) is 0 Å². The highest BCUT2D eigenvalue weighted by atomic mass is 79.9. The van der Waals surface area contributed by atoms with Gasteiger partial charge in [0.1, 0.15) is 0 Å². The zero-order chi connectivity index (χ0) is 14.7. The minimum atomic E-state index is -0.431. The van der Waals surface area contributed by atoms with Crippen LogP contribution >= 0.6 is 43.5 Å². The number of nitrogens with zero attached hydrogens (tertiary/aromatic N) is 1. The largest absolute Gasteiger partial charge is 0.380 e. The summed E-state index contributed by atoms with van der Waals surface area (Å²) in [5, 5.41) is 14.5. The van der Waals surface area contributed by atoms with E-state index in [0.717, 1.165) is 15.7 Å². The molecule has 20 heavy (non-hydrogen) atoms. The first-order valence-electron chi connectivity index (χ1n) is 5.59. The fraction of sp³-hybridized carbons (Fsp3) is 0.0769. The van der Waals surface area contributed by atoms with Crippen molar-refractivity contribution >= 4 is 54.8 Å². The molecule has 2 aromatic carbocycles. The van der Waals surface area contributed by atoms with Gasteiger partial charge in [0.15, 0.2) is 0 Å². The molecule has 0 saturated carbocycles. The molecule has 0 radical (unpaired) electrons. The van der Waals surface area contributed by atoms with Crippen LogP contribution in [-0.4, -0.2) is 4.92 Å². The third kappa shape index (κ3) is 3.71. The molecule has 0 fully saturated rings. The summed E-state index contributed by atoms with van der Waals surface area (Å²) in [6, 6.07) is 10.2. The van der Waals surface area contributed by atoms with Gasteiger partial charge in [-0.1, -0.05) is 27.5 Å². The number of hydrogen-bond donors (Lipinski definition) is 1. The van der Waals surface area contributed by atoms with Crippen LogP contribution < -0.4 is 5.32 Å². The maximum Gasteiger partial charge on any atom is 0.270 e. The summed E-state index contributed by atoms with van der Waals surface area (Å²) in [4.78, 5) is 10.2. The van der Waals surface area contributed by atoms with Gasteiger partial charge in [0.25, 0.3) is 5.69 Å². The van der Waals surface area contributed by atoms with Crippen molar-refractivity contribution in [2.75, 3.05) is 5.32 Å². The predicted octanol–water partition coefficient (Wildman–Crippen LogP) is 5.39. The highest BCUT2D eigenvalue weighted by Crippen LogP contribution is 2.28. The first-order chi connectivity index (χ1) is 9.47. The van der Waals surface area contributed by atoms with Crippen LogP contribution in [0.3, 0.4) is 0 Å². The number of anilines is 1. The van der Waals surface area contributed by atoms with Crippen molar-refractivity contribution in [1.82, 2.24) is 0 Å². The molecule has 0 saturated heterocycles. The first kappa shape index (κ1) is 15.3. The summed E-state index contributed by atoms with van der Waals surface area (Å²) in [6.07, 6.45) is 0. The monoisotopic (exact) mass is 418 g/mol. The molecule has 104 valence electrons. The van der Waals surface area contributed by atoms with Gasteiger partial charge in [-0.15, -0.1) is 0 Å². The van der Waals surface area contributed by atoms with Crippen molar-refractivity contribution in [1.29, 1.82) is 0 Å². The SMILES string of the molecule is O=[N+]([O-])c1ccc(NCc2cc(Br)ccc2Cl)c(Br)c1. The summed E-state index contributed by atoms with van der Waals surface area (Å²) in [6.45, 7) is 0.523. The van der Waals surface area contributed by atoms with E-state index in [0.29, 0.717) is 16.0 Å². The van der Waals surface area contributed by atoms with Gasteiger partial charge in [-0.2, -0.15) is 0 Å². The molecule has 0 heterocycles. The van der Waals surface area contributed by atoms with Crippen LogP contribution in [0.15, 0.2) is 45.3 Å². The second-order valence-corrected chi connectivity index (χ2v) is 6.19. The van der Waals surface area contributed by atoms with Gasteiger partial charge in [-0.3, -0.25) is 10.1 Å². The second-order valence-electron chi connectivity index (χ2n) is 4.01. The molecule has 4 nitrogen and oxygen atoms in total. The van der Waals surface area contributed by atoms with Crippen molar-refractivity contribution < 1.29 is 4.92 Å². The number of nitro groups is 1. The fourth-order valence-electron chi connectivity index (χ4n) is 1.63. The van der Waals surface area contributed by atoms with E-state index in [1.54, 1.807) is 6.07 Å². The Morgan fingerprint density at radius 3 is 2.60 bits per heavy atom. The Kier molecular flexibility index (Phi) is 5.01. The summed E-state index contributed by atoms with van der Waals surface area (Å²) in [7, 11) is 0. The van der Waals surface area contributed by atoms with E-state index in [-0.39, 0.29) is 5.69 Å². The van der Waals surface area contributed by atoms with Crippen LogP contribution in [0, 0.1) is 10.1 Å². The van der Waals surface area contributed by atoms with Gasteiger partial charge in [-0.05, 0) is 45.8 Å². The van der Waals surface area contributed by atoms with Gasteiger partial charge in [0.05, 0.1) is 4.92 Å².